The van der Waals surface area contributed by atoms with Gasteiger partial charge in [0.2, 0.25) is 0 Å². The Morgan fingerprint density at radius 2 is 1.73 bits per heavy atom. The smallest absolute Gasteiger partial charge is 0.132 e. The van der Waals surface area contributed by atoms with Crippen molar-refractivity contribution in [1.29, 1.82) is 0 Å². The molecule has 6 heteroatoms. The van der Waals surface area contributed by atoms with Crippen LogP contribution in [0.3, 0.4) is 0 Å². The minimum Gasteiger partial charge on any atom is -0.497 e. The van der Waals surface area contributed by atoms with Crippen molar-refractivity contribution in [2.75, 3.05) is 45.8 Å². The maximum Gasteiger partial charge on any atom is 0.132 e. The molecule has 0 aromatic heterocycles. The zero-order valence-electron chi connectivity index (χ0n) is 18.1. The molecule has 2 saturated heterocycles. The van der Waals surface area contributed by atoms with E-state index in [4.69, 9.17) is 9.47 Å². The number of ether oxygens (including phenoxy) is 2. The van der Waals surface area contributed by atoms with Crippen LogP contribution in [0.5, 0.6) is 5.75 Å². The van der Waals surface area contributed by atoms with Crippen molar-refractivity contribution < 1.29 is 9.47 Å². The van der Waals surface area contributed by atoms with Gasteiger partial charge >= 0.3 is 0 Å². The van der Waals surface area contributed by atoms with E-state index in [2.05, 4.69) is 57.2 Å². The first-order valence-electron chi connectivity index (χ1n) is 10.9. The minimum absolute atomic E-state index is 0.0787. The Morgan fingerprint density at radius 1 is 1.00 bits per heavy atom. The monoisotopic (exact) mass is 410 g/mol. The Kier molecular flexibility index (Phi) is 7.23. The van der Waals surface area contributed by atoms with Gasteiger partial charge in [0.15, 0.2) is 0 Å². The number of hydrogen-bond donors (Lipinski definition) is 3. The third-order valence-corrected chi connectivity index (χ3v) is 6.23. The van der Waals surface area contributed by atoms with Gasteiger partial charge in [0.05, 0.1) is 13.7 Å². The average molecular weight is 411 g/mol. The van der Waals surface area contributed by atoms with Gasteiger partial charge < -0.3 is 14.8 Å². The third-order valence-electron chi connectivity index (χ3n) is 6.23. The number of hydrogen-bond acceptors (Lipinski definition) is 6. The van der Waals surface area contributed by atoms with E-state index < -0.39 is 0 Å². The zero-order chi connectivity index (χ0) is 20.8. The molecule has 2 aromatic carbocycles. The highest BCUT2D eigenvalue weighted by molar-refractivity contribution is 5.45. The van der Waals surface area contributed by atoms with E-state index in [-0.39, 0.29) is 6.29 Å². The van der Waals surface area contributed by atoms with Gasteiger partial charge in [0.25, 0.3) is 0 Å². The normalized spacial score (nSPS) is 24.7. The predicted octanol–water partition coefficient (Wildman–Crippen LogP) is 2.98. The summed E-state index contributed by atoms with van der Waals surface area (Å²) < 4.78 is 10.6. The second-order valence-corrected chi connectivity index (χ2v) is 8.28. The summed E-state index contributed by atoms with van der Waals surface area (Å²) in [5.41, 5.74) is 3.81. The quantitative estimate of drug-likeness (QED) is 0.622. The first kappa shape index (κ1) is 21.1. The van der Waals surface area contributed by atoms with E-state index in [0.717, 1.165) is 37.7 Å². The van der Waals surface area contributed by atoms with Gasteiger partial charge in [0, 0.05) is 44.4 Å². The van der Waals surface area contributed by atoms with Crippen LogP contribution in [-0.2, 0) is 11.3 Å². The molecule has 162 valence electrons. The van der Waals surface area contributed by atoms with Crippen LogP contribution in [0.1, 0.15) is 29.9 Å². The molecule has 0 bridgehead atoms. The number of nitrogens with zero attached hydrogens (tertiary/aromatic N) is 1. The molecule has 2 fully saturated rings. The van der Waals surface area contributed by atoms with Crippen molar-refractivity contribution in [2.45, 2.75) is 37.6 Å². The number of methoxy groups -OCH3 is 2. The zero-order valence-corrected chi connectivity index (χ0v) is 18.1. The molecular weight excluding hydrogens is 376 g/mol. The van der Waals surface area contributed by atoms with Gasteiger partial charge in [0.1, 0.15) is 12.0 Å². The molecule has 1 atom stereocenters. The second kappa shape index (κ2) is 10.3. The van der Waals surface area contributed by atoms with Crippen molar-refractivity contribution in [3.63, 3.8) is 0 Å². The highest BCUT2D eigenvalue weighted by Crippen LogP contribution is 2.22. The van der Waals surface area contributed by atoms with Crippen molar-refractivity contribution in [3.8, 4) is 5.75 Å². The molecule has 2 aromatic rings. The van der Waals surface area contributed by atoms with Crippen LogP contribution in [0.15, 0.2) is 48.5 Å². The van der Waals surface area contributed by atoms with Crippen LogP contribution in [0.25, 0.3) is 0 Å². The van der Waals surface area contributed by atoms with Crippen molar-refractivity contribution in [2.24, 2.45) is 0 Å². The number of rotatable bonds is 8. The molecule has 4 rings (SSSR count). The third kappa shape index (κ3) is 5.32. The Hall–Kier alpha value is -2.12. The summed E-state index contributed by atoms with van der Waals surface area (Å²) in [5, 5.41) is 10.7. The van der Waals surface area contributed by atoms with E-state index in [9.17, 15) is 0 Å². The van der Waals surface area contributed by atoms with E-state index >= 15 is 0 Å². The molecule has 0 saturated carbocycles. The standard InChI is InChI=1S/C24H34N4O2/c1-29-17-22-4-3-13-28(22)16-18-5-9-21(10-6-18)27-24-25-14-20(15-26-24)19-7-11-23(30-2)12-8-19/h5-12,20,22,24-27H,3-4,13-17H2,1-2H3/t20?,22-,24?/m1/s1. The van der Waals surface area contributed by atoms with Crippen LogP contribution in [-0.4, -0.2) is 57.7 Å². The summed E-state index contributed by atoms with van der Waals surface area (Å²) in [6.07, 6.45) is 2.59. The van der Waals surface area contributed by atoms with Gasteiger partial charge in [-0.2, -0.15) is 0 Å². The molecule has 0 radical (unpaired) electrons. The molecule has 0 unspecified atom stereocenters. The molecular formula is C24H34N4O2. The van der Waals surface area contributed by atoms with E-state index in [1.54, 1.807) is 14.2 Å². The van der Waals surface area contributed by atoms with Crippen LogP contribution >= 0.6 is 0 Å². The molecule has 2 heterocycles. The van der Waals surface area contributed by atoms with Gasteiger partial charge in [-0.1, -0.05) is 24.3 Å². The number of anilines is 1. The summed E-state index contributed by atoms with van der Waals surface area (Å²) in [6, 6.07) is 17.7. The lowest BCUT2D eigenvalue weighted by Gasteiger charge is -2.32. The molecule has 3 N–H and O–H groups in total. The maximum atomic E-state index is 5.37. The number of nitrogens with one attached hydrogen (secondary N) is 3. The highest BCUT2D eigenvalue weighted by Gasteiger charge is 2.24. The number of likely N-dealkylation sites (tertiary alicyclic amines) is 1. The van der Waals surface area contributed by atoms with Crippen molar-refractivity contribution in [3.05, 3.63) is 59.7 Å². The number of benzene rings is 2. The average Bonchev–Trinajstić information content (AvgIpc) is 3.23. The second-order valence-electron chi connectivity index (χ2n) is 8.28. The highest BCUT2D eigenvalue weighted by atomic mass is 16.5. The van der Waals surface area contributed by atoms with E-state index in [1.165, 1.54) is 30.5 Å². The Labute approximate surface area is 179 Å². The topological polar surface area (TPSA) is 57.8 Å². The molecule has 2 aliphatic heterocycles. The fourth-order valence-corrected chi connectivity index (χ4v) is 4.47. The minimum atomic E-state index is 0.0787. The fraction of sp³-hybridized carbons (Fsp3) is 0.500. The Bertz CT molecular complexity index is 773. The van der Waals surface area contributed by atoms with Crippen molar-refractivity contribution >= 4 is 5.69 Å². The lowest BCUT2D eigenvalue weighted by molar-refractivity contribution is 0.112. The van der Waals surface area contributed by atoms with Crippen LogP contribution in [0.4, 0.5) is 5.69 Å². The molecule has 0 amide bonds. The summed E-state index contributed by atoms with van der Waals surface area (Å²) in [4.78, 5) is 2.54. The van der Waals surface area contributed by atoms with Crippen molar-refractivity contribution in [1.82, 2.24) is 15.5 Å². The first-order chi connectivity index (χ1) is 14.7. The molecule has 2 aliphatic rings. The molecule has 6 nitrogen and oxygen atoms in total. The SMILES string of the molecule is COC[C@H]1CCCN1Cc1ccc(NC2NCC(c3ccc(OC)cc3)CN2)cc1. The van der Waals surface area contributed by atoms with Gasteiger partial charge in [-0.25, -0.2) is 0 Å². The van der Waals surface area contributed by atoms with Crippen LogP contribution in [0, 0.1) is 0 Å². The maximum absolute atomic E-state index is 5.37. The summed E-state index contributed by atoms with van der Waals surface area (Å²) in [5.74, 6) is 1.36. The lowest BCUT2D eigenvalue weighted by Crippen LogP contribution is -2.55. The van der Waals surface area contributed by atoms with E-state index in [1.807, 2.05) is 12.1 Å². The molecule has 0 spiro atoms. The summed E-state index contributed by atoms with van der Waals surface area (Å²) in [6.45, 7) is 4.86. The van der Waals surface area contributed by atoms with Gasteiger partial charge in [-0.15, -0.1) is 0 Å². The first-order valence-corrected chi connectivity index (χ1v) is 10.9. The van der Waals surface area contributed by atoms with Crippen LogP contribution < -0.4 is 20.7 Å². The lowest BCUT2D eigenvalue weighted by atomic mass is 9.97. The van der Waals surface area contributed by atoms with Gasteiger partial charge in [-0.05, 0) is 54.8 Å². The predicted molar refractivity (Wildman–Crippen MR) is 121 cm³/mol. The summed E-state index contributed by atoms with van der Waals surface area (Å²) >= 11 is 0. The van der Waals surface area contributed by atoms with Crippen LogP contribution in [0.2, 0.25) is 0 Å². The largest absolute Gasteiger partial charge is 0.497 e. The Morgan fingerprint density at radius 3 is 2.40 bits per heavy atom. The van der Waals surface area contributed by atoms with E-state index in [0.29, 0.717) is 12.0 Å². The summed E-state index contributed by atoms with van der Waals surface area (Å²) in [7, 11) is 3.50. The van der Waals surface area contributed by atoms with Gasteiger partial charge in [-0.3, -0.25) is 15.5 Å². The molecule has 0 aliphatic carbocycles. The fourth-order valence-electron chi connectivity index (χ4n) is 4.47. The molecule has 30 heavy (non-hydrogen) atoms. The Balaban J connectivity index is 1.25.